The highest BCUT2D eigenvalue weighted by Gasteiger charge is 1.96. The maximum absolute atomic E-state index is 4.13. The number of allylic oxidation sites excluding steroid dienone is 7. The lowest BCUT2D eigenvalue weighted by atomic mass is 10.0. The average Bonchev–Trinajstić information content (AvgIpc) is 2.36. The molecule has 2 nitrogen and oxygen atoms in total. The molecule has 0 fully saturated rings. The Labute approximate surface area is 134 Å². The van der Waals surface area contributed by atoms with Gasteiger partial charge in [0.05, 0.1) is 0 Å². The summed E-state index contributed by atoms with van der Waals surface area (Å²) in [6.45, 7) is 17.8. The third kappa shape index (κ3) is 9.74. The van der Waals surface area contributed by atoms with Crippen molar-refractivity contribution >= 4 is 18.8 Å². The van der Waals surface area contributed by atoms with Crippen LogP contribution in [0.2, 0.25) is 0 Å². The summed E-state index contributed by atoms with van der Waals surface area (Å²) in [7, 11) is 1.87. The van der Waals surface area contributed by atoms with Crippen molar-refractivity contribution in [3.63, 3.8) is 0 Å². The number of nitrogens with one attached hydrogen (secondary N) is 1. The summed E-state index contributed by atoms with van der Waals surface area (Å²) in [4.78, 5) is 4.77. The molecule has 0 amide bonds. The highest BCUT2D eigenvalue weighted by atomic mass is 32.1. The minimum Gasteiger partial charge on any atom is -0.388 e. The standard InChI is InChI=1S/C18H26N2S/c1-13(9-15(3)11-20-12-17(5)21)8-14(2)10-16(4)18(6)19-7/h8,10-12,19,21H,1,5-6,9H2,2-4,7H3/b14-8-,15-11+,16-10+,20-12-. The van der Waals surface area contributed by atoms with Crippen LogP contribution in [0.4, 0.5) is 0 Å². The highest BCUT2D eigenvalue weighted by molar-refractivity contribution is 7.85. The Balaban J connectivity index is 4.71. The summed E-state index contributed by atoms with van der Waals surface area (Å²) in [5, 5.41) is 3.04. The van der Waals surface area contributed by atoms with Crippen molar-refractivity contribution in [2.75, 3.05) is 7.05 Å². The number of rotatable bonds is 8. The Hall–Kier alpha value is -1.74. The number of thiol groups is 1. The number of aliphatic imine (C=N–C) groups is 1. The maximum Gasteiger partial charge on any atom is 0.0395 e. The molecule has 0 atom stereocenters. The van der Waals surface area contributed by atoms with E-state index in [0.717, 1.165) is 34.4 Å². The molecule has 0 aromatic heterocycles. The van der Waals surface area contributed by atoms with Gasteiger partial charge < -0.3 is 5.32 Å². The lowest BCUT2D eigenvalue weighted by molar-refractivity contribution is 1.00. The van der Waals surface area contributed by atoms with E-state index in [0.29, 0.717) is 4.91 Å². The zero-order chi connectivity index (χ0) is 16.4. The van der Waals surface area contributed by atoms with Crippen LogP contribution in [-0.4, -0.2) is 13.3 Å². The van der Waals surface area contributed by atoms with E-state index in [1.807, 2.05) is 20.9 Å². The summed E-state index contributed by atoms with van der Waals surface area (Å²) in [6, 6.07) is 0. The Kier molecular flexibility index (Phi) is 9.22. The first kappa shape index (κ1) is 19.3. The van der Waals surface area contributed by atoms with E-state index < -0.39 is 0 Å². The molecule has 0 aromatic rings. The number of hydrogen-bond donors (Lipinski definition) is 2. The van der Waals surface area contributed by atoms with Gasteiger partial charge in [0.1, 0.15) is 0 Å². The average molecular weight is 302 g/mol. The summed E-state index contributed by atoms with van der Waals surface area (Å²) in [6.07, 6.45) is 8.37. The predicted octanol–water partition coefficient (Wildman–Crippen LogP) is 4.98. The van der Waals surface area contributed by atoms with Crippen LogP contribution < -0.4 is 5.32 Å². The SMILES string of the molecule is C=C(S)/C=N\C=C(/C)CC(=C)/C=C(C)\C=C(/C)C(=C)NC. The minimum atomic E-state index is 0.638. The first-order valence-corrected chi connectivity index (χ1v) is 7.19. The minimum absolute atomic E-state index is 0.638. The molecule has 1 N–H and O–H groups in total. The van der Waals surface area contributed by atoms with Crippen molar-refractivity contribution in [2.24, 2.45) is 4.99 Å². The Morgan fingerprint density at radius 2 is 1.76 bits per heavy atom. The summed E-state index contributed by atoms with van der Waals surface area (Å²) in [5.74, 6) is 0. The van der Waals surface area contributed by atoms with E-state index in [4.69, 9.17) is 0 Å². The summed E-state index contributed by atoms with van der Waals surface area (Å²) >= 11 is 4.05. The summed E-state index contributed by atoms with van der Waals surface area (Å²) < 4.78 is 0. The predicted molar refractivity (Wildman–Crippen MR) is 99.8 cm³/mol. The molecule has 3 heteroatoms. The topological polar surface area (TPSA) is 24.4 Å². The maximum atomic E-state index is 4.13. The van der Waals surface area contributed by atoms with Crippen molar-refractivity contribution in [1.82, 2.24) is 5.32 Å². The van der Waals surface area contributed by atoms with Gasteiger partial charge in [-0.15, -0.1) is 12.6 Å². The van der Waals surface area contributed by atoms with Crippen molar-refractivity contribution in [1.29, 1.82) is 0 Å². The van der Waals surface area contributed by atoms with E-state index in [1.54, 1.807) is 12.4 Å². The smallest absolute Gasteiger partial charge is 0.0395 e. The second kappa shape index (κ2) is 10.1. The van der Waals surface area contributed by atoms with Crippen LogP contribution in [0.15, 0.2) is 76.0 Å². The van der Waals surface area contributed by atoms with Crippen LogP contribution in [0, 0.1) is 0 Å². The van der Waals surface area contributed by atoms with Gasteiger partial charge in [0.2, 0.25) is 0 Å². The fourth-order valence-corrected chi connectivity index (χ4v) is 1.76. The van der Waals surface area contributed by atoms with Gasteiger partial charge in [0, 0.05) is 30.1 Å². The molecule has 0 spiro atoms. The molecule has 0 aromatic carbocycles. The number of likely N-dealkylation sites (N-methyl/N-ethyl adjacent to an activating group) is 1. The Bertz CT molecular complexity index is 531. The van der Waals surface area contributed by atoms with Crippen LogP contribution >= 0.6 is 12.6 Å². The van der Waals surface area contributed by atoms with Crippen molar-refractivity contribution in [3.8, 4) is 0 Å². The highest BCUT2D eigenvalue weighted by Crippen LogP contribution is 2.14. The molecule has 0 aliphatic heterocycles. The van der Waals surface area contributed by atoms with E-state index in [1.165, 1.54) is 0 Å². The van der Waals surface area contributed by atoms with Gasteiger partial charge in [0.25, 0.3) is 0 Å². The van der Waals surface area contributed by atoms with E-state index in [2.05, 4.69) is 61.8 Å². The Morgan fingerprint density at radius 3 is 2.29 bits per heavy atom. The molecule has 114 valence electrons. The fraction of sp³-hybridized carbons (Fsp3) is 0.278. The molecule has 0 unspecified atom stereocenters. The van der Waals surface area contributed by atoms with Crippen LogP contribution in [-0.2, 0) is 0 Å². The largest absolute Gasteiger partial charge is 0.388 e. The molecule has 0 rings (SSSR count). The first-order valence-electron chi connectivity index (χ1n) is 6.74. The van der Waals surface area contributed by atoms with Crippen molar-refractivity contribution in [3.05, 3.63) is 71.0 Å². The molecule has 21 heavy (non-hydrogen) atoms. The lowest BCUT2D eigenvalue weighted by Gasteiger charge is -2.06. The third-order valence-corrected chi connectivity index (χ3v) is 2.79. The zero-order valence-electron chi connectivity index (χ0n) is 13.5. The van der Waals surface area contributed by atoms with Gasteiger partial charge in [-0.1, -0.05) is 48.6 Å². The lowest BCUT2D eigenvalue weighted by Crippen LogP contribution is -2.04. The molecule has 0 saturated carbocycles. The van der Waals surface area contributed by atoms with Crippen LogP contribution in [0.5, 0.6) is 0 Å². The van der Waals surface area contributed by atoms with E-state index in [-0.39, 0.29) is 0 Å². The molecule has 0 saturated heterocycles. The molecule has 0 aliphatic carbocycles. The molecular formula is C18H26N2S. The monoisotopic (exact) mass is 302 g/mol. The van der Waals surface area contributed by atoms with Gasteiger partial charge in [-0.05, 0) is 32.8 Å². The van der Waals surface area contributed by atoms with Gasteiger partial charge in [0.15, 0.2) is 0 Å². The fourth-order valence-electron chi connectivity index (χ4n) is 1.69. The van der Waals surface area contributed by atoms with Gasteiger partial charge in [-0.3, -0.25) is 4.99 Å². The second-order valence-electron chi connectivity index (χ2n) is 5.02. The van der Waals surface area contributed by atoms with Crippen LogP contribution in [0.3, 0.4) is 0 Å². The Morgan fingerprint density at radius 1 is 1.14 bits per heavy atom. The molecular weight excluding hydrogens is 276 g/mol. The molecule has 0 bridgehead atoms. The number of nitrogens with zero attached hydrogens (tertiary/aromatic N) is 1. The van der Waals surface area contributed by atoms with Crippen LogP contribution in [0.25, 0.3) is 0 Å². The van der Waals surface area contributed by atoms with Gasteiger partial charge in [-0.25, -0.2) is 0 Å². The van der Waals surface area contributed by atoms with E-state index in [9.17, 15) is 0 Å². The van der Waals surface area contributed by atoms with Crippen molar-refractivity contribution < 1.29 is 0 Å². The van der Waals surface area contributed by atoms with Crippen molar-refractivity contribution in [2.45, 2.75) is 27.2 Å². The first-order chi connectivity index (χ1) is 9.76. The number of hydrogen-bond acceptors (Lipinski definition) is 3. The quantitative estimate of drug-likeness (QED) is 0.369. The van der Waals surface area contributed by atoms with Crippen LogP contribution in [0.1, 0.15) is 27.2 Å². The molecule has 0 heterocycles. The normalized spacial score (nSPS) is 13.5. The van der Waals surface area contributed by atoms with Gasteiger partial charge >= 0.3 is 0 Å². The zero-order valence-corrected chi connectivity index (χ0v) is 14.4. The van der Waals surface area contributed by atoms with Gasteiger partial charge in [-0.2, -0.15) is 0 Å². The third-order valence-electron chi connectivity index (χ3n) is 2.68. The molecule has 0 radical (unpaired) electrons. The summed E-state index contributed by atoms with van der Waals surface area (Å²) in [5.41, 5.74) is 5.36. The molecule has 0 aliphatic rings. The van der Waals surface area contributed by atoms with E-state index >= 15 is 0 Å². The second-order valence-corrected chi connectivity index (χ2v) is 5.60.